The molecule has 0 atom stereocenters. The van der Waals surface area contributed by atoms with Crippen LogP contribution in [0, 0.1) is 0 Å². The highest BCUT2D eigenvalue weighted by atomic mass is 16.5. The Kier molecular flexibility index (Phi) is 11.2. The molecule has 0 bridgehead atoms. The number of imidazole rings is 2. The summed E-state index contributed by atoms with van der Waals surface area (Å²) in [5.41, 5.74) is 9.97. The van der Waals surface area contributed by atoms with Gasteiger partial charge in [-0.15, -0.1) is 0 Å². The standard InChI is InChI=1S/C76H66N4O5/c1-73(2,3)43-21-29-47(30-22-43)82-58-37-42-41-79-56-19-15-13-17-54(56)77-70(79)51-38-59(83-48-31-23-44(24-32-48)74(4,5)6)65-66-60(84-49-33-25-45(26-34-49)75(7,8)9)39-52-63-53(72(81)80-57-20-16-14-18-55(57)78-71(52)80)40-61(67(69(63)66)64(58)68(65)62(42)51)85-50-35-27-46(28-36-50)76(10,11)12/h13-40H,41H2,1-12H3. The first-order chi connectivity index (χ1) is 40.5. The Morgan fingerprint density at radius 3 is 1.20 bits per heavy atom. The molecular formula is C76H66N4O5. The molecule has 1 aliphatic heterocycles. The Labute approximate surface area is 493 Å². The molecule has 3 aromatic heterocycles. The van der Waals surface area contributed by atoms with Gasteiger partial charge in [-0.1, -0.05) is 156 Å². The van der Waals surface area contributed by atoms with E-state index < -0.39 is 0 Å². The van der Waals surface area contributed by atoms with Crippen LogP contribution in [0.15, 0.2) is 175 Å². The van der Waals surface area contributed by atoms with Crippen LogP contribution in [0.5, 0.6) is 46.0 Å². The number of nitrogens with zero attached hydrogens (tertiary/aromatic N) is 4. The minimum atomic E-state index is -0.214. The number of pyridine rings is 1. The lowest BCUT2D eigenvalue weighted by molar-refractivity contribution is 0.481. The second-order valence-electron chi connectivity index (χ2n) is 27.4. The average molecular weight is 1120 g/mol. The number of rotatable bonds is 8. The van der Waals surface area contributed by atoms with Gasteiger partial charge in [0.25, 0.3) is 5.56 Å². The molecule has 4 heterocycles. The van der Waals surface area contributed by atoms with E-state index in [0.29, 0.717) is 74.6 Å². The van der Waals surface area contributed by atoms with E-state index in [0.717, 1.165) is 76.5 Å². The van der Waals surface area contributed by atoms with Crippen molar-refractivity contribution in [3.8, 4) is 57.4 Å². The van der Waals surface area contributed by atoms with Crippen molar-refractivity contribution >= 4 is 81.6 Å². The van der Waals surface area contributed by atoms with Crippen molar-refractivity contribution < 1.29 is 18.9 Å². The maximum Gasteiger partial charge on any atom is 0.264 e. The van der Waals surface area contributed by atoms with Crippen LogP contribution in [0.4, 0.5) is 0 Å². The first kappa shape index (κ1) is 52.3. The van der Waals surface area contributed by atoms with E-state index >= 15 is 4.79 Å². The quantitative estimate of drug-likeness (QED) is 0.111. The topological polar surface area (TPSA) is 89.1 Å². The van der Waals surface area contributed by atoms with Crippen molar-refractivity contribution in [1.29, 1.82) is 0 Å². The fraction of sp³-hybridized carbons (Fsp3) is 0.224. The van der Waals surface area contributed by atoms with Crippen LogP contribution in [0.2, 0.25) is 0 Å². The predicted octanol–water partition coefficient (Wildman–Crippen LogP) is 20.2. The summed E-state index contributed by atoms with van der Waals surface area (Å²) >= 11 is 0. The smallest absolute Gasteiger partial charge is 0.264 e. The van der Waals surface area contributed by atoms with Gasteiger partial charge < -0.3 is 23.5 Å². The zero-order chi connectivity index (χ0) is 58.8. The lowest BCUT2D eigenvalue weighted by Crippen LogP contribution is -2.14. The Morgan fingerprint density at radius 2 is 0.753 bits per heavy atom. The molecule has 0 aliphatic carbocycles. The summed E-state index contributed by atoms with van der Waals surface area (Å²) in [4.78, 5) is 26.6. The molecule has 9 heteroatoms. The summed E-state index contributed by atoms with van der Waals surface area (Å²) in [7, 11) is 0. The van der Waals surface area contributed by atoms with Gasteiger partial charge in [-0.05, 0) is 152 Å². The average Bonchev–Trinajstić information content (AvgIpc) is 1.88. The SMILES string of the molecule is CC(C)(C)c1ccc(Oc2cc3c4c(cc(Oc5ccc(C(C)(C)C)cc5)c5c6c(Oc7ccc(C(C)(C)C)cc7)cc7c8c(cc(Oc9ccc(C(C)(C)C)cc9)c(c2c45)c68)c(=O)n2c4ccccc4nc72)-c2nc4ccccc4n2C3)cc1. The van der Waals surface area contributed by atoms with Gasteiger partial charge in [0.05, 0.1) is 34.0 Å². The van der Waals surface area contributed by atoms with Gasteiger partial charge in [-0.3, -0.25) is 9.20 Å². The fourth-order valence-corrected chi connectivity index (χ4v) is 13.0. The van der Waals surface area contributed by atoms with Crippen LogP contribution in [-0.4, -0.2) is 18.9 Å². The lowest BCUT2D eigenvalue weighted by atomic mass is 9.82. The molecule has 0 radical (unpaired) electrons. The Bertz CT molecular complexity index is 5080. The van der Waals surface area contributed by atoms with Crippen LogP contribution in [0.25, 0.3) is 93.0 Å². The van der Waals surface area contributed by atoms with Gasteiger partial charge in [0.1, 0.15) is 57.5 Å². The molecule has 85 heavy (non-hydrogen) atoms. The molecule has 420 valence electrons. The molecule has 0 N–H and O–H groups in total. The predicted molar refractivity (Wildman–Crippen MR) is 348 cm³/mol. The summed E-state index contributed by atoms with van der Waals surface area (Å²) in [5.74, 6) is 5.67. The number of fused-ring (bicyclic) bond motifs is 10. The molecule has 15 rings (SSSR count). The molecule has 0 saturated carbocycles. The number of hydrogen-bond acceptors (Lipinski definition) is 7. The highest BCUT2D eigenvalue weighted by molar-refractivity contribution is 6.43. The van der Waals surface area contributed by atoms with Crippen LogP contribution in [-0.2, 0) is 28.2 Å². The number of hydrogen-bond donors (Lipinski definition) is 0. The normalized spacial score (nSPS) is 13.2. The Morgan fingerprint density at radius 1 is 0.376 bits per heavy atom. The van der Waals surface area contributed by atoms with Crippen LogP contribution >= 0.6 is 0 Å². The third kappa shape index (κ3) is 8.36. The zero-order valence-electron chi connectivity index (χ0n) is 50.2. The van der Waals surface area contributed by atoms with Crippen molar-refractivity contribution in [2.45, 2.75) is 111 Å². The molecule has 14 aromatic rings. The highest BCUT2D eigenvalue weighted by Gasteiger charge is 2.35. The zero-order valence-corrected chi connectivity index (χ0v) is 50.2. The first-order valence-corrected chi connectivity index (χ1v) is 29.5. The number of para-hydroxylation sites is 4. The van der Waals surface area contributed by atoms with E-state index in [1.807, 2.05) is 48.5 Å². The van der Waals surface area contributed by atoms with Gasteiger partial charge >= 0.3 is 0 Å². The molecule has 0 fully saturated rings. The summed E-state index contributed by atoms with van der Waals surface area (Å²) in [6.45, 7) is 27.1. The van der Waals surface area contributed by atoms with Crippen LogP contribution in [0.3, 0.4) is 0 Å². The number of benzene rings is 11. The van der Waals surface area contributed by atoms with Crippen molar-refractivity contribution in [2.75, 3.05) is 0 Å². The van der Waals surface area contributed by atoms with E-state index in [2.05, 4.69) is 209 Å². The molecule has 0 spiro atoms. The third-order valence-corrected chi connectivity index (χ3v) is 17.5. The maximum atomic E-state index is 15.9. The molecule has 0 saturated heterocycles. The Hall–Kier alpha value is -9.47. The van der Waals surface area contributed by atoms with Crippen molar-refractivity contribution in [1.82, 2.24) is 18.9 Å². The maximum absolute atomic E-state index is 15.9. The number of aromatic nitrogens is 4. The van der Waals surface area contributed by atoms with Gasteiger partial charge in [0.15, 0.2) is 0 Å². The molecule has 9 nitrogen and oxygen atoms in total. The van der Waals surface area contributed by atoms with Gasteiger partial charge in [0, 0.05) is 48.7 Å². The first-order valence-electron chi connectivity index (χ1n) is 29.5. The monoisotopic (exact) mass is 1110 g/mol. The van der Waals surface area contributed by atoms with E-state index in [4.69, 9.17) is 28.9 Å². The largest absolute Gasteiger partial charge is 0.457 e. The highest BCUT2D eigenvalue weighted by Crippen LogP contribution is 2.59. The summed E-state index contributed by atoms with van der Waals surface area (Å²) in [6.07, 6.45) is 0. The molecule has 0 amide bonds. The van der Waals surface area contributed by atoms with E-state index in [1.54, 1.807) is 4.40 Å². The van der Waals surface area contributed by atoms with Crippen LogP contribution < -0.4 is 24.5 Å². The fourth-order valence-electron chi connectivity index (χ4n) is 13.0. The summed E-state index contributed by atoms with van der Waals surface area (Å²) in [6, 6.07) is 58.2. The summed E-state index contributed by atoms with van der Waals surface area (Å²) < 4.78 is 34.0. The van der Waals surface area contributed by atoms with E-state index in [9.17, 15) is 0 Å². The van der Waals surface area contributed by atoms with Gasteiger partial charge in [-0.2, -0.15) is 0 Å². The van der Waals surface area contributed by atoms with E-state index in [-0.39, 0.29) is 27.2 Å². The lowest BCUT2D eigenvalue weighted by Gasteiger charge is -2.28. The molecular weight excluding hydrogens is 1050 g/mol. The van der Waals surface area contributed by atoms with Gasteiger partial charge in [-0.25, -0.2) is 9.97 Å². The van der Waals surface area contributed by atoms with Gasteiger partial charge in [0.2, 0.25) is 0 Å². The number of ether oxygens (including phenoxy) is 4. The molecule has 0 unspecified atom stereocenters. The van der Waals surface area contributed by atoms with Crippen molar-refractivity contribution in [2.24, 2.45) is 0 Å². The minimum Gasteiger partial charge on any atom is -0.457 e. The minimum absolute atomic E-state index is 0.0822. The van der Waals surface area contributed by atoms with Crippen LogP contribution in [0.1, 0.15) is 111 Å². The van der Waals surface area contributed by atoms with Crippen molar-refractivity contribution in [3.05, 3.63) is 208 Å². The summed E-state index contributed by atoms with van der Waals surface area (Å²) in [5, 5.41) is 7.67. The Balaban J connectivity index is 1.17. The molecule has 11 aromatic carbocycles. The third-order valence-electron chi connectivity index (χ3n) is 17.5. The second kappa shape index (κ2) is 18.3. The second-order valence-corrected chi connectivity index (χ2v) is 27.4. The van der Waals surface area contributed by atoms with Crippen molar-refractivity contribution in [3.63, 3.8) is 0 Å². The van der Waals surface area contributed by atoms with E-state index in [1.165, 1.54) is 22.3 Å². The molecule has 1 aliphatic rings.